The maximum absolute atomic E-state index is 12.6. The Hall–Kier alpha value is -3.81. The van der Waals surface area contributed by atoms with Crippen LogP contribution in [0.15, 0.2) is 73.3 Å². The van der Waals surface area contributed by atoms with E-state index in [0.717, 1.165) is 11.3 Å². The van der Waals surface area contributed by atoms with E-state index < -0.39 is 0 Å². The van der Waals surface area contributed by atoms with Crippen molar-refractivity contribution in [2.75, 3.05) is 0 Å². The molecule has 0 unspecified atom stereocenters. The zero-order chi connectivity index (χ0) is 29.3. The van der Waals surface area contributed by atoms with Crippen LogP contribution in [0.4, 0.5) is 4.39 Å². The van der Waals surface area contributed by atoms with Crippen molar-refractivity contribution in [2.24, 2.45) is 0 Å². The molecule has 40 heavy (non-hydrogen) atoms. The van der Waals surface area contributed by atoms with Gasteiger partial charge in [-0.05, 0) is 98.4 Å². The zero-order valence-electron chi connectivity index (χ0n) is 21.4. The fraction of sp³-hybridized carbons (Fsp3) is 0.111. The predicted molar refractivity (Wildman–Crippen MR) is 155 cm³/mol. The number of aryl methyl sites for hydroxylation is 3. The molecule has 1 aromatic carbocycles. The molecule has 13 heteroatoms. The topological polar surface area (TPSA) is 103 Å². The van der Waals surface area contributed by atoms with Crippen molar-refractivity contribution in [3.05, 3.63) is 129 Å². The summed E-state index contributed by atoms with van der Waals surface area (Å²) < 4.78 is 12.6. The van der Waals surface area contributed by atoms with Gasteiger partial charge in [-0.2, -0.15) is 0 Å². The molecule has 4 aromatic heterocycles. The van der Waals surface area contributed by atoms with E-state index in [9.17, 15) is 4.39 Å². The Morgan fingerprint density at radius 1 is 0.550 bits per heavy atom. The molecule has 0 aliphatic heterocycles. The van der Waals surface area contributed by atoms with Crippen LogP contribution >= 0.6 is 46.4 Å². The Bertz CT molecular complexity index is 1410. The van der Waals surface area contributed by atoms with Crippen molar-refractivity contribution in [1.29, 1.82) is 0 Å². The molecule has 0 aliphatic carbocycles. The number of hydrogen-bond donors (Lipinski definition) is 0. The largest absolute Gasteiger partial charge is 0.242 e. The highest BCUT2D eigenvalue weighted by atomic mass is 35.5. The number of rotatable bonds is 0. The van der Waals surface area contributed by atoms with E-state index in [4.69, 9.17) is 46.4 Å². The van der Waals surface area contributed by atoms with Gasteiger partial charge < -0.3 is 0 Å². The fourth-order valence-electron chi connectivity index (χ4n) is 2.36. The molecule has 204 valence electrons. The molecule has 0 radical (unpaired) electrons. The molecule has 0 saturated heterocycles. The van der Waals surface area contributed by atoms with Gasteiger partial charge in [-0.15, -0.1) is 0 Å². The molecular weight excluding hydrogens is 597 g/mol. The van der Waals surface area contributed by atoms with E-state index in [2.05, 4.69) is 51.7 Å². The van der Waals surface area contributed by atoms with Gasteiger partial charge >= 0.3 is 0 Å². The summed E-state index contributed by atoms with van der Waals surface area (Å²) in [6.45, 7) is 5.47. The lowest BCUT2D eigenvalue weighted by Crippen LogP contribution is -1.89. The van der Waals surface area contributed by atoms with Gasteiger partial charge in [0, 0.05) is 36.0 Å². The first-order chi connectivity index (χ1) is 19.1. The molecule has 4 heterocycles. The Kier molecular flexibility index (Phi) is 14.3. The molecule has 8 nitrogen and oxygen atoms in total. The van der Waals surface area contributed by atoms with Crippen LogP contribution in [-0.2, 0) is 0 Å². The van der Waals surface area contributed by atoms with Crippen molar-refractivity contribution in [3.63, 3.8) is 0 Å². The third-order valence-corrected chi connectivity index (χ3v) is 4.84. The molecule has 0 fully saturated rings. The summed E-state index contributed by atoms with van der Waals surface area (Å²) in [5.74, 6) is 6.94. The Morgan fingerprint density at radius 2 is 1.07 bits per heavy atom. The maximum atomic E-state index is 12.6. The molecule has 0 saturated carbocycles. The van der Waals surface area contributed by atoms with Gasteiger partial charge in [-0.3, -0.25) is 0 Å². The van der Waals surface area contributed by atoms with Crippen LogP contribution in [0.25, 0.3) is 0 Å². The van der Waals surface area contributed by atoms with Crippen molar-refractivity contribution >= 4 is 46.4 Å². The van der Waals surface area contributed by atoms with Gasteiger partial charge in [0.2, 0.25) is 10.6 Å². The first-order valence-electron chi connectivity index (χ1n) is 11.2. The van der Waals surface area contributed by atoms with E-state index in [1.54, 1.807) is 61.9 Å². The predicted octanol–water partition coefficient (Wildman–Crippen LogP) is 6.98. The first-order valence-corrected chi connectivity index (χ1v) is 12.7. The lowest BCUT2D eigenvalue weighted by atomic mass is 10.2. The summed E-state index contributed by atoms with van der Waals surface area (Å²) in [6, 6.07) is 12.8. The lowest BCUT2D eigenvalue weighted by Gasteiger charge is -1.91. The molecule has 0 amide bonds. The number of hydrogen-bond acceptors (Lipinski definition) is 8. The second kappa shape index (κ2) is 17.7. The first kappa shape index (κ1) is 32.4. The zero-order valence-corrected chi connectivity index (χ0v) is 24.4. The standard InChI is InChI=1S/C13H9FN2.2C5H5ClN2.C4H2Cl2N2/c1-10-15-9-8-13(16-10)7-4-11-2-5-12(14)6-3-11;1-4-7-3-2-5(6)8-4;1-4-2-3-7-5(6)8-4;5-3-1-2-7-4(6)8-3/h2-3,5-6,8-9H,1H3;2*2-3H,1H3;1-2H. The van der Waals surface area contributed by atoms with Gasteiger partial charge in [-0.25, -0.2) is 44.3 Å². The highest BCUT2D eigenvalue weighted by molar-refractivity contribution is 6.31. The van der Waals surface area contributed by atoms with Crippen LogP contribution in [0.5, 0.6) is 0 Å². The van der Waals surface area contributed by atoms with Crippen molar-refractivity contribution in [3.8, 4) is 11.8 Å². The summed E-state index contributed by atoms with van der Waals surface area (Å²) >= 11 is 21.7. The summed E-state index contributed by atoms with van der Waals surface area (Å²) in [5, 5.41) is 1.35. The molecule has 0 aliphatic rings. The average Bonchev–Trinajstić information content (AvgIpc) is 2.89. The highest BCUT2D eigenvalue weighted by Crippen LogP contribution is 2.05. The average molecular weight is 618 g/mol. The molecule has 5 rings (SSSR count). The Labute approximate surface area is 251 Å². The second-order valence-electron chi connectivity index (χ2n) is 7.29. The molecule has 5 aromatic rings. The number of aromatic nitrogens is 8. The van der Waals surface area contributed by atoms with Gasteiger partial charge in [0.1, 0.15) is 33.5 Å². The van der Waals surface area contributed by atoms with Crippen molar-refractivity contribution < 1.29 is 4.39 Å². The minimum atomic E-state index is -0.261. The monoisotopic (exact) mass is 616 g/mol. The number of halogens is 5. The van der Waals surface area contributed by atoms with E-state index in [1.807, 2.05) is 13.8 Å². The second-order valence-corrected chi connectivity index (χ2v) is 8.74. The summed E-state index contributed by atoms with van der Waals surface area (Å²) in [4.78, 5) is 30.5. The lowest BCUT2D eigenvalue weighted by molar-refractivity contribution is 0.627. The van der Waals surface area contributed by atoms with Gasteiger partial charge in [0.25, 0.3) is 0 Å². The summed E-state index contributed by atoms with van der Waals surface area (Å²) in [5.41, 5.74) is 2.32. The number of nitrogens with zero attached hydrogens (tertiary/aromatic N) is 8. The number of benzene rings is 1. The third-order valence-electron chi connectivity index (χ3n) is 4.05. The maximum Gasteiger partial charge on any atom is 0.223 e. The van der Waals surface area contributed by atoms with Crippen molar-refractivity contribution in [2.45, 2.75) is 20.8 Å². The SMILES string of the molecule is Cc1ccnc(Cl)n1.Cc1nccc(C#Cc2ccc(F)cc2)n1.Cc1nccc(Cl)n1.Clc1ccnc(Cl)n1. The fourth-order valence-corrected chi connectivity index (χ4v) is 3.05. The Balaban J connectivity index is 0.000000199. The van der Waals surface area contributed by atoms with E-state index in [-0.39, 0.29) is 11.1 Å². The van der Waals surface area contributed by atoms with Crippen LogP contribution in [0.3, 0.4) is 0 Å². The van der Waals surface area contributed by atoms with Crippen LogP contribution in [-0.4, -0.2) is 39.9 Å². The van der Waals surface area contributed by atoms with Crippen LogP contribution in [0, 0.1) is 38.4 Å². The summed E-state index contributed by atoms with van der Waals surface area (Å²) in [7, 11) is 0. The van der Waals surface area contributed by atoms with Gasteiger partial charge in [0.15, 0.2) is 0 Å². The van der Waals surface area contributed by atoms with Crippen LogP contribution in [0.2, 0.25) is 20.9 Å². The molecule has 0 bridgehead atoms. The molecule has 0 atom stereocenters. The van der Waals surface area contributed by atoms with E-state index >= 15 is 0 Å². The summed E-state index contributed by atoms with van der Waals surface area (Å²) in [6.07, 6.45) is 6.42. The minimum Gasteiger partial charge on any atom is -0.242 e. The Morgan fingerprint density at radius 3 is 1.50 bits per heavy atom. The highest BCUT2D eigenvalue weighted by Gasteiger charge is 1.92. The van der Waals surface area contributed by atoms with E-state index in [0.29, 0.717) is 32.9 Å². The van der Waals surface area contributed by atoms with Crippen LogP contribution in [0.1, 0.15) is 28.6 Å². The minimum absolute atomic E-state index is 0.178. The molecule has 0 N–H and O–H groups in total. The van der Waals surface area contributed by atoms with Crippen LogP contribution < -0.4 is 0 Å². The molecular formula is C27H21Cl4FN8. The van der Waals surface area contributed by atoms with Gasteiger partial charge in [-0.1, -0.05) is 29.1 Å². The third kappa shape index (κ3) is 14.4. The van der Waals surface area contributed by atoms with Gasteiger partial charge in [0.05, 0.1) is 0 Å². The van der Waals surface area contributed by atoms with E-state index in [1.165, 1.54) is 18.3 Å². The molecule has 0 spiro atoms. The normalized spacial score (nSPS) is 9.30. The quantitative estimate of drug-likeness (QED) is 0.104. The van der Waals surface area contributed by atoms with Crippen molar-refractivity contribution in [1.82, 2.24) is 39.9 Å². The smallest absolute Gasteiger partial charge is 0.223 e.